The zero-order valence-corrected chi connectivity index (χ0v) is 8.50. The van der Waals surface area contributed by atoms with E-state index in [2.05, 4.69) is 5.32 Å². The van der Waals surface area contributed by atoms with E-state index in [1.807, 2.05) is 4.90 Å². The smallest absolute Gasteiger partial charge is 0.225 e. The van der Waals surface area contributed by atoms with Crippen LogP contribution in [0, 0.1) is 0 Å². The average Bonchev–Trinajstić information content (AvgIpc) is 2.44. The summed E-state index contributed by atoms with van der Waals surface area (Å²) in [5.41, 5.74) is 0. The molecule has 4 nitrogen and oxygen atoms in total. The van der Waals surface area contributed by atoms with E-state index in [4.69, 9.17) is 4.74 Å². The Morgan fingerprint density at radius 2 is 2.29 bits per heavy atom. The third-order valence-electron chi connectivity index (χ3n) is 2.87. The molecule has 14 heavy (non-hydrogen) atoms. The summed E-state index contributed by atoms with van der Waals surface area (Å²) in [6, 6.07) is 0. The highest BCUT2D eigenvalue weighted by Gasteiger charge is 2.26. The number of hydrogen-bond donors (Lipinski definition) is 1. The molecule has 0 aromatic carbocycles. The van der Waals surface area contributed by atoms with Crippen molar-refractivity contribution in [3.05, 3.63) is 0 Å². The molecule has 2 aliphatic rings. The van der Waals surface area contributed by atoms with Gasteiger partial charge in [0.15, 0.2) is 0 Å². The van der Waals surface area contributed by atoms with E-state index >= 15 is 0 Å². The molecule has 1 N–H and O–H groups in total. The molecule has 0 aliphatic carbocycles. The van der Waals surface area contributed by atoms with E-state index in [-0.39, 0.29) is 12.1 Å². The second-order valence-electron chi connectivity index (χ2n) is 3.91. The number of ether oxygens (including phenoxy) is 1. The Morgan fingerprint density at radius 3 is 3.07 bits per heavy atom. The second-order valence-corrected chi connectivity index (χ2v) is 3.91. The first-order chi connectivity index (χ1) is 6.88. The van der Waals surface area contributed by atoms with E-state index in [0.29, 0.717) is 6.42 Å². The summed E-state index contributed by atoms with van der Waals surface area (Å²) in [4.78, 5) is 13.6. The van der Waals surface area contributed by atoms with Crippen molar-refractivity contribution in [2.24, 2.45) is 0 Å². The van der Waals surface area contributed by atoms with E-state index in [1.54, 1.807) is 0 Å². The maximum absolute atomic E-state index is 11.7. The highest BCUT2D eigenvalue weighted by molar-refractivity contribution is 5.76. The SMILES string of the molecule is O=C1CCNCCN1C1CCCCO1. The largest absolute Gasteiger partial charge is 0.358 e. The van der Waals surface area contributed by atoms with Crippen molar-refractivity contribution in [3.8, 4) is 0 Å². The Hall–Kier alpha value is -0.610. The predicted octanol–water partition coefficient (Wildman–Crippen LogP) is 0.335. The minimum absolute atomic E-state index is 0.0520. The van der Waals surface area contributed by atoms with Gasteiger partial charge in [0.1, 0.15) is 6.23 Å². The first-order valence-electron chi connectivity index (χ1n) is 5.50. The molecule has 1 atom stereocenters. The van der Waals surface area contributed by atoms with Crippen LogP contribution in [0.15, 0.2) is 0 Å². The Kier molecular flexibility index (Phi) is 3.37. The minimum atomic E-state index is 0.0520. The lowest BCUT2D eigenvalue weighted by atomic mass is 10.1. The van der Waals surface area contributed by atoms with Crippen LogP contribution in [0.4, 0.5) is 0 Å². The van der Waals surface area contributed by atoms with Crippen LogP contribution in [-0.4, -0.2) is 43.3 Å². The van der Waals surface area contributed by atoms with Gasteiger partial charge in [0, 0.05) is 32.7 Å². The lowest BCUT2D eigenvalue weighted by molar-refractivity contribution is -0.149. The van der Waals surface area contributed by atoms with Crippen LogP contribution in [0.25, 0.3) is 0 Å². The highest BCUT2D eigenvalue weighted by atomic mass is 16.5. The lowest BCUT2D eigenvalue weighted by Gasteiger charge is -2.33. The number of nitrogens with zero attached hydrogens (tertiary/aromatic N) is 1. The molecule has 0 aromatic rings. The van der Waals surface area contributed by atoms with Gasteiger partial charge in [-0.1, -0.05) is 0 Å². The van der Waals surface area contributed by atoms with Gasteiger partial charge in [0.25, 0.3) is 0 Å². The van der Waals surface area contributed by atoms with E-state index in [9.17, 15) is 4.79 Å². The fourth-order valence-electron chi connectivity index (χ4n) is 2.06. The van der Waals surface area contributed by atoms with Crippen LogP contribution in [-0.2, 0) is 9.53 Å². The molecule has 2 rings (SSSR count). The molecule has 2 heterocycles. The minimum Gasteiger partial charge on any atom is -0.358 e. The first kappa shape index (κ1) is 9.93. The maximum Gasteiger partial charge on any atom is 0.225 e. The van der Waals surface area contributed by atoms with Gasteiger partial charge < -0.3 is 15.0 Å². The number of amides is 1. The molecule has 0 spiro atoms. The quantitative estimate of drug-likeness (QED) is 0.660. The fourth-order valence-corrected chi connectivity index (χ4v) is 2.06. The van der Waals surface area contributed by atoms with Crippen molar-refractivity contribution in [3.63, 3.8) is 0 Å². The number of carbonyl (C=O) groups is 1. The Balaban J connectivity index is 1.95. The predicted molar refractivity (Wildman–Crippen MR) is 52.8 cm³/mol. The van der Waals surface area contributed by atoms with Crippen molar-refractivity contribution < 1.29 is 9.53 Å². The maximum atomic E-state index is 11.7. The number of nitrogens with one attached hydrogen (secondary N) is 1. The van der Waals surface area contributed by atoms with E-state index < -0.39 is 0 Å². The van der Waals surface area contributed by atoms with Gasteiger partial charge in [-0.2, -0.15) is 0 Å². The summed E-state index contributed by atoms with van der Waals surface area (Å²) in [5, 5.41) is 3.23. The second kappa shape index (κ2) is 4.75. The zero-order valence-electron chi connectivity index (χ0n) is 8.50. The lowest BCUT2D eigenvalue weighted by Crippen LogP contribution is -2.44. The Morgan fingerprint density at radius 1 is 1.36 bits per heavy atom. The Bertz CT molecular complexity index is 202. The summed E-state index contributed by atoms with van der Waals surface area (Å²) >= 11 is 0. The molecular formula is C10H18N2O2. The first-order valence-corrected chi connectivity index (χ1v) is 5.50. The van der Waals surface area contributed by atoms with Crippen LogP contribution >= 0.6 is 0 Å². The molecule has 0 radical (unpaired) electrons. The summed E-state index contributed by atoms with van der Waals surface area (Å²) < 4.78 is 5.62. The summed E-state index contributed by atoms with van der Waals surface area (Å²) in [5.74, 6) is 0.238. The molecule has 0 aromatic heterocycles. The molecule has 2 fully saturated rings. The van der Waals surface area contributed by atoms with Crippen molar-refractivity contribution in [2.45, 2.75) is 31.9 Å². The average molecular weight is 198 g/mol. The van der Waals surface area contributed by atoms with Crippen LogP contribution in [0.1, 0.15) is 25.7 Å². The summed E-state index contributed by atoms with van der Waals surface area (Å²) in [6.07, 6.45) is 3.99. The molecule has 2 aliphatic heterocycles. The number of carbonyl (C=O) groups excluding carboxylic acids is 1. The van der Waals surface area contributed by atoms with Crippen molar-refractivity contribution in [1.82, 2.24) is 10.2 Å². The van der Waals surface area contributed by atoms with Gasteiger partial charge in [0.05, 0.1) is 0 Å². The van der Waals surface area contributed by atoms with Gasteiger partial charge in [-0.15, -0.1) is 0 Å². The molecular weight excluding hydrogens is 180 g/mol. The van der Waals surface area contributed by atoms with Crippen LogP contribution < -0.4 is 5.32 Å². The molecule has 1 unspecified atom stereocenters. The van der Waals surface area contributed by atoms with E-state index in [1.165, 1.54) is 6.42 Å². The van der Waals surface area contributed by atoms with Crippen molar-refractivity contribution >= 4 is 5.91 Å². The molecule has 2 saturated heterocycles. The van der Waals surface area contributed by atoms with Gasteiger partial charge in [-0.3, -0.25) is 4.79 Å². The zero-order chi connectivity index (χ0) is 9.80. The molecule has 0 saturated carbocycles. The topological polar surface area (TPSA) is 41.6 Å². The van der Waals surface area contributed by atoms with Gasteiger partial charge in [-0.25, -0.2) is 0 Å². The van der Waals surface area contributed by atoms with Gasteiger partial charge >= 0.3 is 0 Å². The standard InChI is InChI=1S/C10H18N2O2/c13-9-4-5-11-6-7-12(9)10-3-1-2-8-14-10/h10-11H,1-8H2. The van der Waals surface area contributed by atoms with Crippen molar-refractivity contribution in [1.29, 1.82) is 0 Å². The summed E-state index contributed by atoms with van der Waals surface area (Å²) in [7, 11) is 0. The fraction of sp³-hybridized carbons (Fsp3) is 0.900. The van der Waals surface area contributed by atoms with Crippen LogP contribution in [0.3, 0.4) is 0 Å². The highest BCUT2D eigenvalue weighted by Crippen LogP contribution is 2.17. The van der Waals surface area contributed by atoms with Crippen LogP contribution in [0.2, 0.25) is 0 Å². The Labute approximate surface area is 84.6 Å². The third-order valence-corrected chi connectivity index (χ3v) is 2.87. The summed E-state index contributed by atoms with van der Waals surface area (Å²) in [6.45, 7) is 3.30. The van der Waals surface area contributed by atoms with Crippen LogP contribution in [0.5, 0.6) is 0 Å². The van der Waals surface area contributed by atoms with Gasteiger partial charge in [0.2, 0.25) is 5.91 Å². The third kappa shape index (κ3) is 2.25. The molecule has 1 amide bonds. The van der Waals surface area contributed by atoms with Crippen molar-refractivity contribution in [2.75, 3.05) is 26.2 Å². The van der Waals surface area contributed by atoms with Gasteiger partial charge in [-0.05, 0) is 19.3 Å². The normalized spacial score (nSPS) is 30.1. The monoisotopic (exact) mass is 198 g/mol. The number of hydrogen-bond acceptors (Lipinski definition) is 3. The van der Waals surface area contributed by atoms with E-state index in [0.717, 1.165) is 39.1 Å². The molecule has 0 bridgehead atoms. The molecule has 80 valence electrons. The number of rotatable bonds is 1. The molecule has 4 heteroatoms.